The third kappa shape index (κ3) is 2.96. The molecule has 1 aromatic rings. The van der Waals surface area contributed by atoms with E-state index in [4.69, 9.17) is 0 Å². The van der Waals surface area contributed by atoms with E-state index in [0.29, 0.717) is 17.9 Å². The number of nitro groups is 1. The molecule has 6 heteroatoms. The first kappa shape index (κ1) is 13.6. The third-order valence-electron chi connectivity index (χ3n) is 3.53. The summed E-state index contributed by atoms with van der Waals surface area (Å²) in [6, 6.07) is 4.86. The average Bonchev–Trinajstić information content (AvgIpc) is 2.34. The van der Waals surface area contributed by atoms with Crippen molar-refractivity contribution in [1.82, 2.24) is 0 Å². The number of hydrogen-bond acceptors (Lipinski definition) is 5. The van der Waals surface area contributed by atoms with E-state index < -0.39 is 4.92 Å². The van der Waals surface area contributed by atoms with Gasteiger partial charge in [-0.2, -0.15) is 0 Å². The Balaban J connectivity index is 2.25. The highest BCUT2D eigenvalue weighted by Crippen LogP contribution is 2.36. The van der Waals surface area contributed by atoms with E-state index in [1.54, 1.807) is 0 Å². The van der Waals surface area contributed by atoms with Gasteiger partial charge >= 0.3 is 0 Å². The van der Waals surface area contributed by atoms with Gasteiger partial charge in [-0.25, -0.2) is 0 Å². The number of aliphatic hydroxyl groups is 1. The number of nitro benzene ring substituents is 1. The number of nitrogens with zero attached hydrogens (tertiary/aromatic N) is 1. The molecular formula is C13H19N3O3. The summed E-state index contributed by atoms with van der Waals surface area (Å²) in [5, 5.41) is 26.7. The van der Waals surface area contributed by atoms with Crippen LogP contribution in [0.2, 0.25) is 0 Å². The Labute approximate surface area is 112 Å². The molecule has 1 saturated carbocycles. The molecule has 6 nitrogen and oxygen atoms in total. The molecule has 0 unspecified atom stereocenters. The summed E-state index contributed by atoms with van der Waals surface area (Å²) >= 11 is 0. The molecule has 0 amide bonds. The van der Waals surface area contributed by atoms with Crippen molar-refractivity contribution in [2.45, 2.75) is 31.7 Å². The van der Waals surface area contributed by atoms with Gasteiger partial charge in [0, 0.05) is 30.1 Å². The van der Waals surface area contributed by atoms with Crippen molar-refractivity contribution >= 4 is 17.1 Å². The second-order valence-corrected chi connectivity index (χ2v) is 4.97. The van der Waals surface area contributed by atoms with E-state index in [-0.39, 0.29) is 17.8 Å². The molecule has 1 aliphatic rings. The first-order valence-corrected chi connectivity index (χ1v) is 6.51. The fourth-order valence-corrected chi connectivity index (χ4v) is 2.33. The van der Waals surface area contributed by atoms with E-state index >= 15 is 0 Å². The number of non-ortho nitro benzene ring substituents is 1. The van der Waals surface area contributed by atoms with Gasteiger partial charge < -0.3 is 15.7 Å². The maximum Gasteiger partial charge on any atom is 0.273 e. The molecule has 2 rings (SSSR count). The second kappa shape index (κ2) is 5.44. The van der Waals surface area contributed by atoms with Gasteiger partial charge in [-0.05, 0) is 32.3 Å². The maximum absolute atomic E-state index is 10.9. The molecule has 0 saturated heterocycles. The van der Waals surface area contributed by atoms with Crippen LogP contribution in [0.1, 0.15) is 26.2 Å². The molecule has 104 valence electrons. The van der Waals surface area contributed by atoms with Crippen molar-refractivity contribution in [3.05, 3.63) is 28.3 Å². The summed E-state index contributed by atoms with van der Waals surface area (Å²) < 4.78 is 0. The SMILES string of the molecule is CCNc1cc(NC2(CO)CCC2)cc([N+](=O)[O-])c1. The van der Waals surface area contributed by atoms with Crippen molar-refractivity contribution in [2.24, 2.45) is 0 Å². The number of benzene rings is 1. The highest BCUT2D eigenvalue weighted by Gasteiger charge is 2.36. The van der Waals surface area contributed by atoms with E-state index in [9.17, 15) is 15.2 Å². The van der Waals surface area contributed by atoms with Gasteiger partial charge in [0.1, 0.15) is 0 Å². The molecule has 0 aliphatic heterocycles. The fraction of sp³-hybridized carbons (Fsp3) is 0.538. The molecule has 0 aromatic heterocycles. The predicted octanol–water partition coefficient (Wildman–Crippen LogP) is 2.35. The summed E-state index contributed by atoms with van der Waals surface area (Å²) in [4.78, 5) is 10.5. The van der Waals surface area contributed by atoms with Crippen molar-refractivity contribution in [3.63, 3.8) is 0 Å². The molecule has 1 aliphatic carbocycles. The molecule has 1 fully saturated rings. The predicted molar refractivity (Wildman–Crippen MR) is 74.6 cm³/mol. The number of anilines is 2. The fourth-order valence-electron chi connectivity index (χ4n) is 2.33. The van der Waals surface area contributed by atoms with Crippen molar-refractivity contribution in [2.75, 3.05) is 23.8 Å². The van der Waals surface area contributed by atoms with Crippen LogP contribution in [0.15, 0.2) is 18.2 Å². The number of nitrogens with one attached hydrogen (secondary N) is 2. The van der Waals surface area contributed by atoms with Gasteiger partial charge in [0.15, 0.2) is 0 Å². The van der Waals surface area contributed by atoms with E-state index in [1.165, 1.54) is 12.1 Å². The smallest absolute Gasteiger partial charge is 0.273 e. The molecule has 1 aromatic carbocycles. The van der Waals surface area contributed by atoms with Crippen LogP contribution in [-0.4, -0.2) is 28.7 Å². The topological polar surface area (TPSA) is 87.4 Å². The van der Waals surface area contributed by atoms with Gasteiger partial charge in [0.25, 0.3) is 5.69 Å². The molecule has 0 spiro atoms. The van der Waals surface area contributed by atoms with Crippen LogP contribution in [0.25, 0.3) is 0 Å². The summed E-state index contributed by atoms with van der Waals surface area (Å²) in [5.41, 5.74) is 1.14. The standard InChI is InChI=1S/C13H19N3O3/c1-2-14-10-6-11(8-12(7-10)16(18)19)15-13(9-17)4-3-5-13/h6-8,14-15,17H,2-5,9H2,1H3. The van der Waals surface area contributed by atoms with Crippen molar-refractivity contribution in [1.29, 1.82) is 0 Å². The monoisotopic (exact) mass is 265 g/mol. The van der Waals surface area contributed by atoms with E-state index in [1.807, 2.05) is 13.0 Å². The maximum atomic E-state index is 10.9. The van der Waals surface area contributed by atoms with Crippen molar-refractivity contribution in [3.8, 4) is 0 Å². The van der Waals surface area contributed by atoms with Crippen molar-refractivity contribution < 1.29 is 10.0 Å². The first-order chi connectivity index (χ1) is 9.08. The minimum Gasteiger partial charge on any atom is -0.394 e. The molecule has 3 N–H and O–H groups in total. The lowest BCUT2D eigenvalue weighted by atomic mass is 9.77. The van der Waals surface area contributed by atoms with Gasteiger partial charge in [-0.1, -0.05) is 0 Å². The van der Waals surface area contributed by atoms with Crippen LogP contribution in [0.5, 0.6) is 0 Å². The highest BCUT2D eigenvalue weighted by atomic mass is 16.6. The molecule has 0 radical (unpaired) electrons. The highest BCUT2D eigenvalue weighted by molar-refractivity contribution is 5.64. The first-order valence-electron chi connectivity index (χ1n) is 6.51. The third-order valence-corrected chi connectivity index (χ3v) is 3.53. The van der Waals surface area contributed by atoms with Gasteiger partial charge in [0.05, 0.1) is 17.1 Å². The summed E-state index contributed by atoms with van der Waals surface area (Å²) in [6.07, 6.45) is 2.86. The summed E-state index contributed by atoms with van der Waals surface area (Å²) in [6.45, 7) is 2.69. The van der Waals surface area contributed by atoms with Gasteiger partial charge in [-0.3, -0.25) is 10.1 Å². The normalized spacial score (nSPS) is 16.5. The summed E-state index contributed by atoms with van der Waals surface area (Å²) in [5.74, 6) is 0. The molecular weight excluding hydrogens is 246 g/mol. The Morgan fingerprint density at radius 1 is 1.37 bits per heavy atom. The molecule has 0 bridgehead atoms. The Bertz CT molecular complexity index is 467. The Morgan fingerprint density at radius 3 is 2.53 bits per heavy atom. The Hall–Kier alpha value is -1.82. The van der Waals surface area contributed by atoms with Crippen LogP contribution in [-0.2, 0) is 0 Å². The largest absolute Gasteiger partial charge is 0.394 e. The zero-order valence-electron chi connectivity index (χ0n) is 11.0. The van der Waals surface area contributed by atoms with Gasteiger partial charge in [-0.15, -0.1) is 0 Å². The molecule has 0 heterocycles. The number of rotatable bonds is 6. The minimum absolute atomic E-state index is 0.0478. The lowest BCUT2D eigenvalue weighted by Gasteiger charge is -2.41. The zero-order chi connectivity index (χ0) is 13.9. The quantitative estimate of drug-likeness (QED) is 0.543. The lowest BCUT2D eigenvalue weighted by Crippen LogP contribution is -2.48. The molecule has 19 heavy (non-hydrogen) atoms. The summed E-state index contributed by atoms with van der Waals surface area (Å²) in [7, 11) is 0. The van der Waals surface area contributed by atoms with Crippen LogP contribution in [0.4, 0.5) is 17.1 Å². The van der Waals surface area contributed by atoms with Crippen LogP contribution >= 0.6 is 0 Å². The van der Waals surface area contributed by atoms with E-state index in [2.05, 4.69) is 10.6 Å². The number of aliphatic hydroxyl groups excluding tert-OH is 1. The number of hydrogen-bond donors (Lipinski definition) is 3. The lowest BCUT2D eigenvalue weighted by molar-refractivity contribution is -0.384. The van der Waals surface area contributed by atoms with Crippen LogP contribution in [0, 0.1) is 10.1 Å². The van der Waals surface area contributed by atoms with Gasteiger partial charge in [0.2, 0.25) is 0 Å². The van der Waals surface area contributed by atoms with E-state index in [0.717, 1.165) is 19.3 Å². The minimum atomic E-state index is -0.404. The second-order valence-electron chi connectivity index (χ2n) is 4.97. The molecule has 0 atom stereocenters. The van der Waals surface area contributed by atoms with Crippen LogP contribution < -0.4 is 10.6 Å². The zero-order valence-corrected chi connectivity index (χ0v) is 11.0. The Morgan fingerprint density at radius 2 is 2.05 bits per heavy atom. The Kier molecular flexibility index (Phi) is 3.90. The van der Waals surface area contributed by atoms with Crippen LogP contribution in [0.3, 0.4) is 0 Å². The average molecular weight is 265 g/mol.